The summed E-state index contributed by atoms with van der Waals surface area (Å²) in [6, 6.07) is 5.93. The van der Waals surface area contributed by atoms with Crippen molar-refractivity contribution in [3.05, 3.63) is 45.6 Å². The number of hydrogen-bond donors (Lipinski definition) is 2. The minimum absolute atomic E-state index is 0.0519. The summed E-state index contributed by atoms with van der Waals surface area (Å²) in [7, 11) is -3.72. The Morgan fingerprint density at radius 1 is 1.36 bits per heavy atom. The topological polar surface area (TPSA) is 101 Å². The van der Waals surface area contributed by atoms with Gasteiger partial charge in [-0.05, 0) is 42.5 Å². The molecule has 1 aromatic heterocycles. The Bertz CT molecular complexity index is 973. The summed E-state index contributed by atoms with van der Waals surface area (Å²) in [6.07, 6.45) is 0.176. The number of nitrogens with one attached hydrogen (secondary N) is 1. The SMILES string of the molecule is CCC(C)(O)C(=O)Nc1cccc2c1C(=O)c1sccc1CS2(=O)=O. The quantitative estimate of drug-likeness (QED) is 0.853. The molecule has 2 heterocycles. The molecule has 1 aliphatic rings. The normalized spacial score (nSPS) is 17.8. The maximum atomic E-state index is 12.9. The molecule has 3 rings (SSSR count). The van der Waals surface area contributed by atoms with Crippen molar-refractivity contribution in [3.63, 3.8) is 0 Å². The first kappa shape index (κ1) is 17.8. The van der Waals surface area contributed by atoms with Crippen LogP contribution in [0.15, 0.2) is 34.5 Å². The molecule has 0 fully saturated rings. The van der Waals surface area contributed by atoms with Gasteiger partial charge in [0.25, 0.3) is 5.91 Å². The summed E-state index contributed by atoms with van der Waals surface area (Å²) in [4.78, 5) is 25.5. The number of carbonyl (C=O) groups is 2. The summed E-state index contributed by atoms with van der Waals surface area (Å²) in [5.74, 6) is -1.38. The molecule has 1 aromatic carbocycles. The molecule has 6 nitrogen and oxygen atoms in total. The summed E-state index contributed by atoms with van der Waals surface area (Å²) in [5, 5.41) is 14.3. The molecule has 2 N–H and O–H groups in total. The van der Waals surface area contributed by atoms with Gasteiger partial charge in [0.05, 0.1) is 26.8 Å². The number of aliphatic hydroxyl groups is 1. The Balaban J connectivity index is 2.18. The van der Waals surface area contributed by atoms with Crippen LogP contribution in [0.1, 0.15) is 41.1 Å². The molecule has 0 saturated heterocycles. The highest BCUT2D eigenvalue weighted by atomic mass is 32.2. The third kappa shape index (κ3) is 3.01. The number of thiophene rings is 1. The number of sulfone groups is 1. The monoisotopic (exact) mass is 379 g/mol. The molecular formula is C17H17NO5S2. The lowest BCUT2D eigenvalue weighted by Gasteiger charge is -2.21. The average molecular weight is 379 g/mol. The second-order valence-corrected chi connectivity index (χ2v) is 9.00. The zero-order chi connectivity index (χ0) is 18.4. The van der Waals surface area contributed by atoms with Crippen molar-refractivity contribution in [2.45, 2.75) is 36.5 Å². The van der Waals surface area contributed by atoms with E-state index in [9.17, 15) is 23.1 Å². The molecule has 2 aromatic rings. The number of hydrogen-bond acceptors (Lipinski definition) is 6. The van der Waals surface area contributed by atoms with Gasteiger partial charge in [-0.1, -0.05) is 13.0 Å². The Hall–Kier alpha value is -2.03. The van der Waals surface area contributed by atoms with Crippen molar-refractivity contribution in [3.8, 4) is 0 Å². The van der Waals surface area contributed by atoms with Crippen molar-refractivity contribution in [2.75, 3.05) is 5.32 Å². The van der Waals surface area contributed by atoms with Gasteiger partial charge in [-0.3, -0.25) is 9.59 Å². The lowest BCUT2D eigenvalue weighted by molar-refractivity contribution is -0.132. The highest BCUT2D eigenvalue weighted by Gasteiger charge is 2.35. The molecule has 0 bridgehead atoms. The van der Waals surface area contributed by atoms with Crippen LogP contribution in [0.25, 0.3) is 0 Å². The van der Waals surface area contributed by atoms with Gasteiger partial charge in [0, 0.05) is 0 Å². The van der Waals surface area contributed by atoms with Gasteiger partial charge < -0.3 is 10.4 Å². The number of carbonyl (C=O) groups excluding carboxylic acids is 2. The molecular weight excluding hydrogens is 362 g/mol. The van der Waals surface area contributed by atoms with Gasteiger partial charge in [0.15, 0.2) is 9.84 Å². The van der Waals surface area contributed by atoms with E-state index in [2.05, 4.69) is 5.32 Å². The van der Waals surface area contributed by atoms with Crippen molar-refractivity contribution >= 4 is 38.6 Å². The zero-order valence-electron chi connectivity index (χ0n) is 13.7. The molecule has 0 saturated carbocycles. The lowest BCUT2D eigenvalue weighted by Crippen LogP contribution is -2.39. The first-order chi connectivity index (χ1) is 11.7. The highest BCUT2D eigenvalue weighted by molar-refractivity contribution is 7.90. The van der Waals surface area contributed by atoms with Crippen LogP contribution < -0.4 is 5.32 Å². The number of ketones is 1. The number of rotatable bonds is 3. The van der Waals surface area contributed by atoms with Crippen LogP contribution in [0.4, 0.5) is 5.69 Å². The third-order valence-electron chi connectivity index (χ3n) is 4.31. The molecule has 1 aliphatic heterocycles. The first-order valence-electron chi connectivity index (χ1n) is 7.68. The molecule has 1 unspecified atom stereocenters. The van der Waals surface area contributed by atoms with Gasteiger partial charge in [-0.2, -0.15) is 0 Å². The number of amides is 1. The van der Waals surface area contributed by atoms with Crippen molar-refractivity contribution < 1.29 is 23.1 Å². The van der Waals surface area contributed by atoms with Crippen LogP contribution >= 0.6 is 11.3 Å². The van der Waals surface area contributed by atoms with Crippen LogP contribution in [0.3, 0.4) is 0 Å². The average Bonchev–Trinajstić information content (AvgIpc) is 2.98. The standard InChI is InChI=1S/C17H17NO5S2/c1-3-17(2,21)16(20)18-11-5-4-6-12-13(11)14(19)15-10(7-8-24-15)9-25(12,22)23/h4-8,21H,3,9H2,1-2H3,(H,18,20). The Labute approximate surface area is 149 Å². The zero-order valence-corrected chi connectivity index (χ0v) is 15.3. The second-order valence-electron chi connectivity index (χ2n) is 6.12. The van der Waals surface area contributed by atoms with Crippen LogP contribution in [0, 0.1) is 0 Å². The molecule has 0 spiro atoms. The smallest absolute Gasteiger partial charge is 0.256 e. The first-order valence-corrected chi connectivity index (χ1v) is 10.2. The summed E-state index contributed by atoms with van der Waals surface area (Å²) < 4.78 is 25.4. The highest BCUT2D eigenvalue weighted by Crippen LogP contribution is 2.36. The van der Waals surface area contributed by atoms with E-state index in [0.717, 1.165) is 0 Å². The van der Waals surface area contributed by atoms with Gasteiger partial charge in [-0.15, -0.1) is 11.3 Å². The van der Waals surface area contributed by atoms with Gasteiger partial charge in [0.2, 0.25) is 5.78 Å². The maximum absolute atomic E-state index is 12.9. The number of anilines is 1. The largest absolute Gasteiger partial charge is 0.380 e. The van der Waals surface area contributed by atoms with Gasteiger partial charge >= 0.3 is 0 Å². The number of fused-ring (bicyclic) bond motifs is 2. The van der Waals surface area contributed by atoms with Crippen molar-refractivity contribution in [1.82, 2.24) is 0 Å². The van der Waals surface area contributed by atoms with Crippen molar-refractivity contribution in [1.29, 1.82) is 0 Å². The molecule has 1 amide bonds. The lowest BCUT2D eigenvalue weighted by atomic mass is 10.0. The van der Waals surface area contributed by atoms with E-state index in [0.29, 0.717) is 10.4 Å². The van der Waals surface area contributed by atoms with Gasteiger partial charge in [0.1, 0.15) is 5.60 Å². The molecule has 0 radical (unpaired) electrons. The summed E-state index contributed by atoms with van der Waals surface area (Å²) in [5.41, 5.74) is -1.12. The molecule has 0 aliphatic carbocycles. The van der Waals surface area contributed by atoms with Crippen LogP contribution in [0.2, 0.25) is 0 Å². The fourth-order valence-electron chi connectivity index (χ4n) is 2.59. The van der Waals surface area contributed by atoms with E-state index in [1.807, 2.05) is 0 Å². The second kappa shape index (κ2) is 6.05. The van der Waals surface area contributed by atoms with E-state index in [-0.39, 0.29) is 28.3 Å². The predicted octanol–water partition coefficient (Wildman–Crippen LogP) is 2.37. The van der Waals surface area contributed by atoms with Crippen LogP contribution in [-0.4, -0.2) is 30.8 Å². The summed E-state index contributed by atoms with van der Waals surface area (Å²) >= 11 is 1.17. The van der Waals surface area contributed by atoms with E-state index in [4.69, 9.17) is 0 Å². The molecule has 132 valence electrons. The number of benzene rings is 1. The van der Waals surface area contributed by atoms with Gasteiger partial charge in [-0.25, -0.2) is 8.42 Å². The van der Waals surface area contributed by atoms with Crippen LogP contribution in [0.5, 0.6) is 0 Å². The molecule has 25 heavy (non-hydrogen) atoms. The van der Waals surface area contributed by atoms with E-state index in [1.165, 1.54) is 36.5 Å². The fourth-order valence-corrected chi connectivity index (χ4v) is 5.16. The fraction of sp³-hybridized carbons (Fsp3) is 0.294. The minimum atomic E-state index is -3.72. The third-order valence-corrected chi connectivity index (χ3v) is 6.97. The van der Waals surface area contributed by atoms with E-state index < -0.39 is 27.1 Å². The predicted molar refractivity (Wildman–Crippen MR) is 94.6 cm³/mol. The minimum Gasteiger partial charge on any atom is -0.380 e. The van der Waals surface area contributed by atoms with Crippen molar-refractivity contribution in [2.24, 2.45) is 0 Å². The Morgan fingerprint density at radius 3 is 2.76 bits per heavy atom. The molecule has 1 atom stereocenters. The Morgan fingerprint density at radius 2 is 2.08 bits per heavy atom. The van der Waals surface area contributed by atoms with Crippen LogP contribution in [-0.2, 0) is 20.4 Å². The maximum Gasteiger partial charge on any atom is 0.256 e. The Kier molecular flexibility index (Phi) is 4.30. The van der Waals surface area contributed by atoms with E-state index in [1.54, 1.807) is 18.4 Å². The molecule has 8 heteroatoms. The van der Waals surface area contributed by atoms with E-state index >= 15 is 0 Å². The summed E-state index contributed by atoms with van der Waals surface area (Å²) in [6.45, 7) is 3.01.